The zero-order valence-electron chi connectivity index (χ0n) is 10.9. The fourth-order valence-electron chi connectivity index (χ4n) is 1.13. The van der Waals surface area contributed by atoms with Gasteiger partial charge in [-0.25, -0.2) is 9.36 Å². The van der Waals surface area contributed by atoms with Crippen LogP contribution >= 0.6 is 7.82 Å². The van der Waals surface area contributed by atoms with Crippen molar-refractivity contribution in [2.24, 2.45) is 0 Å². The second-order valence-corrected chi connectivity index (χ2v) is 5.50. The molecule has 120 valence electrons. The predicted molar refractivity (Wildman–Crippen MR) is 63.3 cm³/mol. The van der Waals surface area contributed by atoms with Crippen molar-refractivity contribution in [3.63, 3.8) is 0 Å². The lowest BCUT2D eigenvalue weighted by molar-refractivity contribution is -0.173. The van der Waals surface area contributed by atoms with Crippen LogP contribution in [0.4, 0.5) is 0 Å². The van der Waals surface area contributed by atoms with Crippen molar-refractivity contribution < 1.29 is 48.8 Å². The lowest BCUT2D eigenvalue weighted by atomic mass is 10.0. The normalized spacial score (nSPS) is 18.4. The second kappa shape index (κ2) is 8.01. The summed E-state index contributed by atoms with van der Waals surface area (Å²) in [4.78, 5) is 28.0. The Balaban J connectivity index is 4.48. The standard InChI is InChI=1S/C9H19O10P/c1-4(2)19-9(14)8(13)7(12)6(11)5(10)3-18-20(15,16)17/h4-8,10-13H,3H2,1-2H3,(H2,15,16,17). The number of ether oxygens (including phenoxy) is 1. The molecule has 11 heteroatoms. The number of esters is 1. The van der Waals surface area contributed by atoms with Crippen molar-refractivity contribution >= 4 is 13.8 Å². The van der Waals surface area contributed by atoms with Crippen LogP contribution in [0.15, 0.2) is 0 Å². The lowest BCUT2D eigenvalue weighted by Crippen LogP contribution is -2.49. The van der Waals surface area contributed by atoms with Gasteiger partial charge in [0.15, 0.2) is 6.10 Å². The van der Waals surface area contributed by atoms with Gasteiger partial charge in [-0.3, -0.25) is 4.52 Å². The molecule has 20 heavy (non-hydrogen) atoms. The SMILES string of the molecule is CC(C)OC(=O)C(O)C(O)C(O)C(O)COP(=O)(O)O. The summed E-state index contributed by atoms with van der Waals surface area (Å²) in [6.07, 6.45) is -8.81. The molecule has 0 fully saturated rings. The first-order valence-corrected chi connectivity index (χ1v) is 7.11. The van der Waals surface area contributed by atoms with Gasteiger partial charge in [0.1, 0.15) is 18.3 Å². The molecule has 6 N–H and O–H groups in total. The summed E-state index contributed by atoms with van der Waals surface area (Å²) in [6.45, 7) is 1.99. The molecule has 0 aliphatic rings. The third kappa shape index (κ3) is 7.27. The summed E-state index contributed by atoms with van der Waals surface area (Å²) in [6, 6.07) is 0. The Morgan fingerprint density at radius 1 is 1.10 bits per heavy atom. The van der Waals surface area contributed by atoms with Gasteiger partial charge in [-0.2, -0.15) is 0 Å². The number of carbonyl (C=O) groups is 1. The zero-order chi connectivity index (χ0) is 16.1. The number of phosphoric acid groups is 1. The van der Waals surface area contributed by atoms with Crippen molar-refractivity contribution in [1.82, 2.24) is 0 Å². The molecule has 0 amide bonds. The van der Waals surface area contributed by atoms with Crippen LogP contribution < -0.4 is 0 Å². The monoisotopic (exact) mass is 318 g/mol. The lowest BCUT2D eigenvalue weighted by Gasteiger charge is -2.25. The summed E-state index contributed by atoms with van der Waals surface area (Å²) in [7, 11) is -4.86. The van der Waals surface area contributed by atoms with Crippen LogP contribution in [0.3, 0.4) is 0 Å². The summed E-state index contributed by atoms with van der Waals surface area (Å²) in [5.41, 5.74) is 0. The minimum atomic E-state index is -4.86. The summed E-state index contributed by atoms with van der Waals surface area (Å²) < 4.78 is 18.9. The summed E-state index contributed by atoms with van der Waals surface area (Å²) >= 11 is 0. The van der Waals surface area contributed by atoms with E-state index in [9.17, 15) is 29.8 Å². The van der Waals surface area contributed by atoms with E-state index in [4.69, 9.17) is 9.79 Å². The maximum atomic E-state index is 11.3. The van der Waals surface area contributed by atoms with Gasteiger partial charge in [-0.05, 0) is 13.8 Å². The number of phosphoric ester groups is 1. The van der Waals surface area contributed by atoms with Crippen molar-refractivity contribution in [2.75, 3.05) is 6.61 Å². The smallest absolute Gasteiger partial charge is 0.461 e. The topological polar surface area (TPSA) is 174 Å². The van der Waals surface area contributed by atoms with E-state index in [-0.39, 0.29) is 0 Å². The number of aliphatic hydroxyl groups excluding tert-OH is 4. The Morgan fingerprint density at radius 2 is 1.60 bits per heavy atom. The number of aliphatic hydroxyl groups is 4. The van der Waals surface area contributed by atoms with Gasteiger partial charge >= 0.3 is 13.8 Å². The molecule has 0 rings (SSSR count). The average molecular weight is 318 g/mol. The van der Waals surface area contributed by atoms with E-state index >= 15 is 0 Å². The maximum Gasteiger partial charge on any atom is 0.469 e. The highest BCUT2D eigenvalue weighted by molar-refractivity contribution is 7.46. The molecule has 0 radical (unpaired) electrons. The third-order valence-electron chi connectivity index (χ3n) is 2.07. The molecule has 0 bridgehead atoms. The van der Waals surface area contributed by atoms with Gasteiger partial charge in [-0.1, -0.05) is 0 Å². The predicted octanol–water partition coefficient (Wildman–Crippen LogP) is -2.51. The Morgan fingerprint density at radius 3 is 2.00 bits per heavy atom. The molecule has 0 aromatic heterocycles. The van der Waals surface area contributed by atoms with Crippen LogP contribution in [0.25, 0.3) is 0 Å². The number of hydrogen-bond acceptors (Lipinski definition) is 8. The van der Waals surface area contributed by atoms with Crippen LogP contribution in [0, 0.1) is 0 Å². The molecule has 0 aliphatic heterocycles. The van der Waals surface area contributed by atoms with E-state index in [1.54, 1.807) is 0 Å². The minimum Gasteiger partial charge on any atom is -0.461 e. The van der Waals surface area contributed by atoms with Crippen LogP contribution in [0.5, 0.6) is 0 Å². The largest absolute Gasteiger partial charge is 0.469 e. The first-order chi connectivity index (χ1) is 8.95. The van der Waals surface area contributed by atoms with Crippen molar-refractivity contribution in [2.45, 2.75) is 44.4 Å². The van der Waals surface area contributed by atoms with E-state index in [1.807, 2.05) is 0 Å². The number of rotatable bonds is 8. The van der Waals surface area contributed by atoms with E-state index in [1.165, 1.54) is 13.8 Å². The molecule has 4 atom stereocenters. The highest BCUT2D eigenvalue weighted by Crippen LogP contribution is 2.35. The van der Waals surface area contributed by atoms with E-state index in [0.717, 1.165) is 0 Å². The summed E-state index contributed by atoms with van der Waals surface area (Å²) in [5, 5.41) is 37.6. The second-order valence-electron chi connectivity index (χ2n) is 4.27. The maximum absolute atomic E-state index is 11.3. The van der Waals surface area contributed by atoms with Gasteiger partial charge in [0.05, 0.1) is 12.7 Å². The number of hydrogen-bond donors (Lipinski definition) is 6. The van der Waals surface area contributed by atoms with Crippen LogP contribution in [0.1, 0.15) is 13.8 Å². The van der Waals surface area contributed by atoms with Crippen LogP contribution in [0.2, 0.25) is 0 Å². The molecule has 0 saturated heterocycles. The van der Waals surface area contributed by atoms with E-state index < -0.39 is 50.9 Å². The molecule has 0 heterocycles. The highest BCUT2D eigenvalue weighted by atomic mass is 31.2. The minimum absolute atomic E-state index is 0.565. The molecule has 0 aromatic rings. The molecule has 0 spiro atoms. The van der Waals surface area contributed by atoms with Gasteiger partial charge in [0.2, 0.25) is 0 Å². The van der Waals surface area contributed by atoms with E-state index in [0.29, 0.717) is 0 Å². The Labute approximate surface area is 114 Å². The first-order valence-electron chi connectivity index (χ1n) is 5.58. The summed E-state index contributed by atoms with van der Waals surface area (Å²) in [5.74, 6) is -1.21. The van der Waals surface area contributed by atoms with Crippen molar-refractivity contribution in [1.29, 1.82) is 0 Å². The molecule has 10 nitrogen and oxygen atoms in total. The molecule has 0 aliphatic carbocycles. The molecular formula is C9H19O10P. The third-order valence-corrected chi connectivity index (χ3v) is 2.56. The molecular weight excluding hydrogens is 299 g/mol. The van der Waals surface area contributed by atoms with Crippen LogP contribution in [-0.2, 0) is 18.6 Å². The van der Waals surface area contributed by atoms with Gasteiger partial charge in [0, 0.05) is 0 Å². The Bertz CT molecular complexity index is 353. The molecule has 4 unspecified atom stereocenters. The Kier molecular flexibility index (Phi) is 7.78. The first kappa shape index (κ1) is 19.4. The Hall–Kier alpha value is -0.580. The van der Waals surface area contributed by atoms with Gasteiger partial charge in [0.25, 0.3) is 0 Å². The fourth-order valence-corrected chi connectivity index (χ4v) is 1.47. The van der Waals surface area contributed by atoms with Crippen LogP contribution in [-0.4, -0.2) is 73.3 Å². The molecule has 0 saturated carbocycles. The fraction of sp³-hybridized carbons (Fsp3) is 0.889. The van der Waals surface area contributed by atoms with Crippen molar-refractivity contribution in [3.05, 3.63) is 0 Å². The number of carbonyl (C=O) groups excluding carboxylic acids is 1. The van der Waals surface area contributed by atoms with Crippen molar-refractivity contribution in [3.8, 4) is 0 Å². The average Bonchev–Trinajstić information content (AvgIpc) is 2.31. The van der Waals surface area contributed by atoms with Gasteiger partial charge in [-0.15, -0.1) is 0 Å². The van der Waals surface area contributed by atoms with E-state index in [2.05, 4.69) is 9.26 Å². The highest BCUT2D eigenvalue weighted by Gasteiger charge is 2.36. The quantitative estimate of drug-likeness (QED) is 0.207. The molecule has 0 aromatic carbocycles. The zero-order valence-corrected chi connectivity index (χ0v) is 11.8. The van der Waals surface area contributed by atoms with Gasteiger partial charge < -0.3 is 34.9 Å².